The molecule has 1 N–H and O–H groups in total. The van der Waals surface area contributed by atoms with Gasteiger partial charge in [-0.15, -0.1) is 0 Å². The molecule has 1 aliphatic heterocycles. The Hall–Kier alpha value is -3.68. The molecule has 2 heterocycles. The smallest absolute Gasteiger partial charge is 0.270 e. The molecule has 1 amide bonds. The zero-order valence-corrected chi connectivity index (χ0v) is 18.8. The van der Waals surface area contributed by atoms with Crippen molar-refractivity contribution >= 4 is 17.3 Å². The average molecular weight is 448 g/mol. The first-order valence-corrected chi connectivity index (χ1v) is 11.4. The van der Waals surface area contributed by atoms with Crippen molar-refractivity contribution in [3.05, 3.63) is 88.0 Å². The second-order valence-corrected chi connectivity index (χ2v) is 8.59. The SMILES string of the molecule is CC1CCN(c2ccc([N+](=O)[O-])cc2C(=O)NCCc2nccn2Cc2ccccc2)CC1. The molecular formula is C25H29N5O3. The van der Waals surface area contributed by atoms with Gasteiger partial charge in [0.2, 0.25) is 0 Å². The van der Waals surface area contributed by atoms with Crippen LogP contribution in [-0.2, 0) is 13.0 Å². The van der Waals surface area contributed by atoms with Crippen molar-refractivity contribution in [1.29, 1.82) is 0 Å². The van der Waals surface area contributed by atoms with Crippen LogP contribution in [0.3, 0.4) is 0 Å². The summed E-state index contributed by atoms with van der Waals surface area (Å²) in [6.07, 6.45) is 6.34. The molecule has 0 saturated carbocycles. The summed E-state index contributed by atoms with van der Waals surface area (Å²) >= 11 is 0. The topological polar surface area (TPSA) is 93.3 Å². The first-order valence-electron chi connectivity index (χ1n) is 11.4. The van der Waals surface area contributed by atoms with Crippen molar-refractivity contribution in [2.24, 2.45) is 5.92 Å². The third kappa shape index (κ3) is 5.58. The molecule has 1 aliphatic rings. The predicted molar refractivity (Wildman–Crippen MR) is 128 cm³/mol. The van der Waals surface area contributed by atoms with Gasteiger partial charge in [0.25, 0.3) is 11.6 Å². The maximum absolute atomic E-state index is 13.1. The van der Waals surface area contributed by atoms with Gasteiger partial charge in [0.05, 0.1) is 16.2 Å². The second kappa shape index (κ2) is 10.3. The van der Waals surface area contributed by atoms with E-state index in [0.717, 1.165) is 37.4 Å². The Morgan fingerprint density at radius 3 is 2.67 bits per heavy atom. The van der Waals surface area contributed by atoms with Crippen molar-refractivity contribution < 1.29 is 9.72 Å². The number of imidazole rings is 1. The van der Waals surface area contributed by atoms with Crippen LogP contribution in [0, 0.1) is 16.0 Å². The van der Waals surface area contributed by atoms with E-state index in [0.29, 0.717) is 31.0 Å². The van der Waals surface area contributed by atoms with Crippen LogP contribution in [-0.4, -0.2) is 40.0 Å². The number of carbonyl (C=O) groups excluding carboxylic acids is 1. The van der Waals surface area contributed by atoms with Crippen LogP contribution in [0.5, 0.6) is 0 Å². The lowest BCUT2D eigenvalue weighted by atomic mass is 9.98. The van der Waals surface area contributed by atoms with Gasteiger partial charge in [-0.1, -0.05) is 37.3 Å². The molecule has 3 aromatic rings. The molecule has 0 bridgehead atoms. The summed E-state index contributed by atoms with van der Waals surface area (Å²) in [5.41, 5.74) is 2.22. The van der Waals surface area contributed by atoms with Crippen LogP contribution in [0.2, 0.25) is 0 Å². The van der Waals surface area contributed by atoms with Crippen molar-refractivity contribution in [1.82, 2.24) is 14.9 Å². The van der Waals surface area contributed by atoms with Crippen molar-refractivity contribution in [3.8, 4) is 0 Å². The van der Waals surface area contributed by atoms with Crippen LogP contribution >= 0.6 is 0 Å². The summed E-state index contributed by atoms with van der Waals surface area (Å²) in [6, 6.07) is 14.7. The zero-order chi connectivity index (χ0) is 23.2. The standard InChI is InChI=1S/C25H29N5O3/c1-19-10-14-28(15-11-19)23-8-7-21(30(32)33)17-22(23)25(31)27-12-9-24-26-13-16-29(24)18-20-5-3-2-4-6-20/h2-8,13,16-17,19H,9-12,14-15,18H2,1H3,(H,27,31). The lowest BCUT2D eigenvalue weighted by Crippen LogP contribution is -2.35. The molecule has 0 aliphatic carbocycles. The Bertz CT molecular complexity index is 1100. The quantitative estimate of drug-likeness (QED) is 0.415. The molecule has 2 aromatic carbocycles. The lowest BCUT2D eigenvalue weighted by molar-refractivity contribution is -0.384. The lowest BCUT2D eigenvalue weighted by Gasteiger charge is -2.33. The monoisotopic (exact) mass is 447 g/mol. The molecule has 0 spiro atoms. The molecule has 1 saturated heterocycles. The van der Waals surface area contributed by atoms with Gasteiger partial charge in [0.1, 0.15) is 5.82 Å². The Morgan fingerprint density at radius 2 is 1.94 bits per heavy atom. The number of nitro groups is 1. The fourth-order valence-electron chi connectivity index (χ4n) is 4.22. The van der Waals surface area contributed by atoms with Crippen LogP contribution in [0.4, 0.5) is 11.4 Å². The highest BCUT2D eigenvalue weighted by molar-refractivity contribution is 6.00. The first-order chi connectivity index (χ1) is 16.0. The molecular weight excluding hydrogens is 418 g/mol. The highest BCUT2D eigenvalue weighted by Gasteiger charge is 2.23. The normalized spacial score (nSPS) is 14.3. The number of hydrogen-bond acceptors (Lipinski definition) is 5. The minimum atomic E-state index is -0.459. The Balaban J connectivity index is 1.44. The van der Waals surface area contributed by atoms with E-state index in [2.05, 4.69) is 38.8 Å². The van der Waals surface area contributed by atoms with Gasteiger partial charge in [0, 0.05) is 57.1 Å². The number of nitrogens with zero attached hydrogens (tertiary/aromatic N) is 4. The number of carbonyl (C=O) groups is 1. The maximum atomic E-state index is 13.1. The largest absolute Gasteiger partial charge is 0.371 e. The first kappa shape index (κ1) is 22.5. The van der Waals surface area contributed by atoms with Crippen molar-refractivity contribution in [2.75, 3.05) is 24.5 Å². The zero-order valence-electron chi connectivity index (χ0n) is 18.8. The number of hydrogen-bond donors (Lipinski definition) is 1. The molecule has 172 valence electrons. The summed E-state index contributed by atoms with van der Waals surface area (Å²) in [5.74, 6) is 1.23. The van der Waals surface area contributed by atoms with Gasteiger partial charge < -0.3 is 14.8 Å². The van der Waals surface area contributed by atoms with Gasteiger partial charge in [-0.3, -0.25) is 14.9 Å². The molecule has 0 atom stereocenters. The van der Waals surface area contributed by atoms with Gasteiger partial charge in [-0.2, -0.15) is 0 Å². The fourth-order valence-corrected chi connectivity index (χ4v) is 4.22. The number of piperidine rings is 1. The van der Waals surface area contributed by atoms with E-state index < -0.39 is 4.92 Å². The Labute approximate surface area is 193 Å². The van der Waals surface area contributed by atoms with E-state index in [9.17, 15) is 14.9 Å². The number of aromatic nitrogens is 2. The van der Waals surface area contributed by atoms with Gasteiger partial charge in [0.15, 0.2) is 0 Å². The summed E-state index contributed by atoms with van der Waals surface area (Å²) in [5, 5.41) is 14.3. The van der Waals surface area contributed by atoms with Gasteiger partial charge in [-0.25, -0.2) is 4.98 Å². The van der Waals surface area contributed by atoms with Gasteiger partial charge >= 0.3 is 0 Å². The molecule has 4 rings (SSSR count). The van der Waals surface area contributed by atoms with Crippen LogP contribution in [0.15, 0.2) is 60.9 Å². The Morgan fingerprint density at radius 1 is 1.18 bits per heavy atom. The highest BCUT2D eigenvalue weighted by Crippen LogP contribution is 2.29. The Kier molecular flexibility index (Phi) is 7.02. The summed E-state index contributed by atoms with van der Waals surface area (Å²) in [4.78, 5) is 30.5. The van der Waals surface area contributed by atoms with E-state index in [1.807, 2.05) is 24.4 Å². The van der Waals surface area contributed by atoms with E-state index in [4.69, 9.17) is 0 Å². The number of rotatable bonds is 8. The molecule has 8 heteroatoms. The molecule has 1 aromatic heterocycles. The maximum Gasteiger partial charge on any atom is 0.270 e. The number of nitrogens with one attached hydrogen (secondary N) is 1. The van der Waals surface area contributed by atoms with Crippen LogP contribution < -0.4 is 10.2 Å². The molecule has 33 heavy (non-hydrogen) atoms. The van der Waals surface area contributed by atoms with Gasteiger partial charge in [-0.05, 0) is 30.4 Å². The minimum absolute atomic E-state index is 0.0762. The molecule has 0 radical (unpaired) electrons. The summed E-state index contributed by atoms with van der Waals surface area (Å²) < 4.78 is 2.06. The average Bonchev–Trinajstić information content (AvgIpc) is 3.26. The van der Waals surface area contributed by atoms with E-state index in [1.54, 1.807) is 12.3 Å². The van der Waals surface area contributed by atoms with E-state index in [-0.39, 0.29) is 11.6 Å². The molecule has 8 nitrogen and oxygen atoms in total. The molecule has 1 fully saturated rings. The summed E-state index contributed by atoms with van der Waals surface area (Å²) in [6.45, 7) is 5.02. The second-order valence-electron chi connectivity index (χ2n) is 8.59. The molecule has 0 unspecified atom stereocenters. The number of benzene rings is 2. The predicted octanol–water partition coefficient (Wildman–Crippen LogP) is 4.05. The van der Waals surface area contributed by atoms with E-state index in [1.165, 1.54) is 17.7 Å². The third-order valence-corrected chi connectivity index (χ3v) is 6.19. The number of anilines is 1. The van der Waals surface area contributed by atoms with Crippen LogP contribution in [0.1, 0.15) is 41.5 Å². The van der Waals surface area contributed by atoms with E-state index >= 15 is 0 Å². The minimum Gasteiger partial charge on any atom is -0.371 e. The van der Waals surface area contributed by atoms with Crippen molar-refractivity contribution in [2.45, 2.75) is 32.7 Å². The fraction of sp³-hybridized carbons (Fsp3) is 0.360. The van der Waals surface area contributed by atoms with Crippen molar-refractivity contribution in [3.63, 3.8) is 0 Å². The van der Waals surface area contributed by atoms with Crippen LogP contribution in [0.25, 0.3) is 0 Å². The number of nitro benzene ring substituents is 1. The number of amides is 1. The number of non-ortho nitro benzene ring substituents is 1. The highest BCUT2D eigenvalue weighted by atomic mass is 16.6. The third-order valence-electron chi connectivity index (χ3n) is 6.19. The summed E-state index contributed by atoms with van der Waals surface area (Å²) in [7, 11) is 0.